The van der Waals surface area contributed by atoms with E-state index in [2.05, 4.69) is 100 Å². The molecule has 5 heterocycles. The summed E-state index contributed by atoms with van der Waals surface area (Å²) in [6.45, 7) is 13.6. The van der Waals surface area contributed by atoms with Gasteiger partial charge in [-0.3, -0.25) is 0 Å². The molecule has 6 rings (SSSR count). The van der Waals surface area contributed by atoms with Gasteiger partial charge in [0, 0.05) is 33.2 Å². The maximum Gasteiger partial charge on any atom is 0.0737 e. The summed E-state index contributed by atoms with van der Waals surface area (Å²) < 4.78 is 0. The van der Waals surface area contributed by atoms with Crippen molar-refractivity contribution in [2.24, 2.45) is 0 Å². The normalized spacial score (nSPS) is 12.7. The van der Waals surface area contributed by atoms with E-state index in [0.29, 0.717) is 0 Å². The third kappa shape index (κ3) is 4.91. The van der Waals surface area contributed by atoms with Crippen molar-refractivity contribution >= 4 is 33.2 Å². The Morgan fingerprint density at radius 2 is 0.952 bits per heavy atom. The number of nitrogens with one attached hydrogen (secondary N) is 2. The molecule has 0 fully saturated rings. The minimum absolute atomic E-state index is 0.968. The van der Waals surface area contributed by atoms with Gasteiger partial charge < -0.3 is 9.97 Å². The van der Waals surface area contributed by atoms with Crippen LogP contribution in [0.25, 0.3) is 55.7 Å². The third-order valence-corrected chi connectivity index (χ3v) is 9.24. The number of aromatic nitrogens is 4. The molecule has 0 aliphatic carbocycles. The van der Waals surface area contributed by atoms with Crippen LogP contribution >= 0.6 is 0 Å². The fourth-order valence-corrected chi connectivity index (χ4v) is 6.79. The van der Waals surface area contributed by atoms with Crippen molar-refractivity contribution < 1.29 is 0 Å². The number of benzene rings is 1. The number of H-pyrrole nitrogens is 2. The number of allylic oxidation sites excluding steroid dienone is 2. The number of nitrogens with zero attached hydrogens (tertiary/aromatic N) is 2. The van der Waals surface area contributed by atoms with Crippen molar-refractivity contribution in [3.8, 4) is 22.5 Å². The molecule has 2 aliphatic heterocycles. The molecular weight excluding hydrogens is 512 g/mol. The van der Waals surface area contributed by atoms with Crippen LogP contribution in [0.1, 0.15) is 99.9 Å². The molecule has 0 atom stereocenters. The first kappa shape index (κ1) is 28.2. The summed E-state index contributed by atoms with van der Waals surface area (Å²) in [5, 5.41) is 0. The van der Waals surface area contributed by atoms with Crippen LogP contribution < -0.4 is 0 Å². The van der Waals surface area contributed by atoms with Gasteiger partial charge in [0.1, 0.15) is 0 Å². The minimum atomic E-state index is 0.968. The second kappa shape index (κ2) is 11.8. The lowest BCUT2D eigenvalue weighted by Gasteiger charge is -2.03. The maximum absolute atomic E-state index is 5.32. The standard InChI is InChI=1S/C38H44N4/c1-7-11-15-27-23(5)31-19-37-29-17-13-14-18-30(29)38(42-37)20-32-24(6)28(16-12-8-2)36(40-32)22-34-26(10-4)25(9-3)33(41-34)21-35(27)39-31/h13-14,17-22,39-40H,7-12,15-16H2,1-6H3. The number of hydrogen-bond acceptors (Lipinski definition) is 2. The SMILES string of the molecule is CCCCc1c(C)c2cc3nc(cc4[nH]c(cc5nc(cc1[nH]2)C(CC)=C5CC)c(CCCC)c4C)-c1ccccc1-3. The Balaban J connectivity index is 1.77. The van der Waals surface area contributed by atoms with E-state index in [1.165, 1.54) is 81.2 Å². The highest BCUT2D eigenvalue weighted by atomic mass is 14.8. The number of fused-ring (bicyclic) bond motifs is 11. The molecule has 4 nitrogen and oxygen atoms in total. The van der Waals surface area contributed by atoms with E-state index in [1.807, 2.05) is 0 Å². The van der Waals surface area contributed by atoms with Gasteiger partial charge in [-0.1, -0.05) is 64.8 Å². The largest absolute Gasteiger partial charge is 0.355 e. The first-order valence-corrected chi connectivity index (χ1v) is 16.0. The van der Waals surface area contributed by atoms with Crippen LogP contribution in [0.2, 0.25) is 0 Å². The molecule has 216 valence electrons. The van der Waals surface area contributed by atoms with Crippen molar-refractivity contribution in [2.75, 3.05) is 0 Å². The van der Waals surface area contributed by atoms with Gasteiger partial charge in [0.05, 0.1) is 22.8 Å². The Kier molecular flexibility index (Phi) is 7.90. The molecule has 0 saturated carbocycles. The van der Waals surface area contributed by atoms with E-state index < -0.39 is 0 Å². The summed E-state index contributed by atoms with van der Waals surface area (Å²) in [6.07, 6.45) is 8.72. The number of rotatable bonds is 8. The predicted octanol–water partition coefficient (Wildman–Crippen LogP) is 10.7. The average molecular weight is 557 g/mol. The molecule has 4 aromatic rings. The van der Waals surface area contributed by atoms with Gasteiger partial charge >= 0.3 is 0 Å². The van der Waals surface area contributed by atoms with Crippen LogP contribution in [-0.4, -0.2) is 19.9 Å². The van der Waals surface area contributed by atoms with E-state index in [1.54, 1.807) is 0 Å². The first-order valence-electron chi connectivity index (χ1n) is 16.0. The van der Waals surface area contributed by atoms with Crippen LogP contribution in [0.15, 0.2) is 48.5 Å². The molecule has 0 unspecified atom stereocenters. The van der Waals surface area contributed by atoms with Crippen molar-refractivity contribution in [3.63, 3.8) is 0 Å². The summed E-state index contributed by atoms with van der Waals surface area (Å²) in [7, 11) is 0. The molecule has 8 bridgehead atoms. The highest BCUT2D eigenvalue weighted by Crippen LogP contribution is 2.39. The lowest BCUT2D eigenvalue weighted by Crippen LogP contribution is -1.87. The first-order chi connectivity index (χ1) is 20.5. The fourth-order valence-electron chi connectivity index (χ4n) is 6.79. The molecule has 4 heteroatoms. The van der Waals surface area contributed by atoms with E-state index in [0.717, 1.165) is 59.5 Å². The lowest BCUT2D eigenvalue weighted by molar-refractivity contribution is 0.796. The van der Waals surface area contributed by atoms with Gasteiger partial charge in [-0.05, 0) is 110 Å². The zero-order valence-electron chi connectivity index (χ0n) is 26.2. The molecule has 2 N–H and O–H groups in total. The fraction of sp³-hybridized carbons (Fsp3) is 0.368. The summed E-state index contributed by atoms with van der Waals surface area (Å²) in [6, 6.07) is 17.8. The van der Waals surface area contributed by atoms with Crippen molar-refractivity contribution in [3.05, 3.63) is 82.2 Å². The number of aryl methyl sites for hydroxylation is 4. The third-order valence-electron chi connectivity index (χ3n) is 9.24. The van der Waals surface area contributed by atoms with Crippen LogP contribution in [0.4, 0.5) is 0 Å². The molecule has 0 saturated heterocycles. The molecule has 42 heavy (non-hydrogen) atoms. The van der Waals surface area contributed by atoms with Crippen LogP contribution in [0, 0.1) is 13.8 Å². The predicted molar refractivity (Wildman–Crippen MR) is 180 cm³/mol. The second-order valence-corrected chi connectivity index (χ2v) is 11.9. The van der Waals surface area contributed by atoms with Gasteiger partial charge in [0.15, 0.2) is 0 Å². The number of aromatic amines is 2. The van der Waals surface area contributed by atoms with Crippen LogP contribution in [0.5, 0.6) is 0 Å². The monoisotopic (exact) mass is 556 g/mol. The lowest BCUT2D eigenvalue weighted by atomic mass is 9.99. The second-order valence-electron chi connectivity index (χ2n) is 11.9. The van der Waals surface area contributed by atoms with Gasteiger partial charge in [-0.15, -0.1) is 0 Å². The molecule has 2 aliphatic rings. The summed E-state index contributed by atoms with van der Waals surface area (Å²) in [5.41, 5.74) is 19.4. The molecule has 3 aromatic heterocycles. The van der Waals surface area contributed by atoms with Gasteiger partial charge in [0.25, 0.3) is 0 Å². The molecule has 0 spiro atoms. The van der Waals surface area contributed by atoms with Gasteiger partial charge in [-0.2, -0.15) is 0 Å². The number of unbranched alkanes of at least 4 members (excludes halogenated alkanes) is 2. The summed E-state index contributed by atoms with van der Waals surface area (Å²) >= 11 is 0. The summed E-state index contributed by atoms with van der Waals surface area (Å²) in [5.74, 6) is 0. The quantitative estimate of drug-likeness (QED) is 0.200. The molecule has 0 radical (unpaired) electrons. The highest BCUT2D eigenvalue weighted by molar-refractivity contribution is 5.94. The van der Waals surface area contributed by atoms with Crippen LogP contribution in [-0.2, 0) is 12.8 Å². The Morgan fingerprint density at radius 1 is 0.548 bits per heavy atom. The van der Waals surface area contributed by atoms with Crippen molar-refractivity contribution in [1.29, 1.82) is 0 Å². The average Bonchev–Trinajstić information content (AvgIpc) is 3.69. The Bertz CT molecular complexity index is 1720. The minimum Gasteiger partial charge on any atom is -0.355 e. The molecular formula is C38H44N4. The van der Waals surface area contributed by atoms with E-state index in [9.17, 15) is 0 Å². The Hall–Kier alpha value is -3.92. The molecule has 1 aromatic carbocycles. The Labute approximate surface area is 250 Å². The zero-order valence-corrected chi connectivity index (χ0v) is 26.2. The van der Waals surface area contributed by atoms with Crippen molar-refractivity contribution in [2.45, 2.75) is 92.9 Å². The zero-order chi connectivity index (χ0) is 29.4. The molecule has 0 amide bonds. The summed E-state index contributed by atoms with van der Waals surface area (Å²) in [4.78, 5) is 18.2. The van der Waals surface area contributed by atoms with E-state index >= 15 is 0 Å². The van der Waals surface area contributed by atoms with Gasteiger partial charge in [0.2, 0.25) is 0 Å². The highest BCUT2D eigenvalue weighted by Gasteiger charge is 2.21. The maximum atomic E-state index is 5.32. The van der Waals surface area contributed by atoms with E-state index in [4.69, 9.17) is 9.97 Å². The van der Waals surface area contributed by atoms with Gasteiger partial charge in [-0.25, -0.2) is 9.97 Å². The number of hydrogen-bond donors (Lipinski definition) is 2. The topological polar surface area (TPSA) is 57.4 Å². The Morgan fingerprint density at radius 3 is 1.36 bits per heavy atom. The smallest absolute Gasteiger partial charge is 0.0737 e. The van der Waals surface area contributed by atoms with E-state index in [-0.39, 0.29) is 0 Å². The van der Waals surface area contributed by atoms with Crippen molar-refractivity contribution in [1.82, 2.24) is 19.9 Å². The van der Waals surface area contributed by atoms with Crippen LogP contribution in [0.3, 0.4) is 0 Å².